The highest BCUT2D eigenvalue weighted by molar-refractivity contribution is 14.0. The van der Waals surface area contributed by atoms with E-state index in [0.29, 0.717) is 0 Å². The molecule has 0 unspecified atom stereocenters. The molecule has 2 aromatic rings. The van der Waals surface area contributed by atoms with Crippen molar-refractivity contribution >= 4 is 41.5 Å². The smallest absolute Gasteiger partial charge is 0.193 e. The normalized spacial score (nSPS) is 10.8. The minimum Gasteiger partial charge on any atom is -0.356 e. The molecule has 0 spiro atoms. The number of nitrogens with zero attached hydrogens (tertiary/aromatic N) is 3. The predicted octanol–water partition coefficient (Wildman–Crippen LogP) is 3.60. The number of pyridine rings is 1. The van der Waals surface area contributed by atoms with Crippen molar-refractivity contribution < 1.29 is 0 Å². The average molecular weight is 445 g/mol. The van der Waals surface area contributed by atoms with Gasteiger partial charge in [-0.15, -0.1) is 24.0 Å². The molecule has 1 aromatic carbocycles. The van der Waals surface area contributed by atoms with E-state index in [9.17, 15) is 0 Å². The first-order chi connectivity index (χ1) is 10.7. The van der Waals surface area contributed by atoms with Gasteiger partial charge in [-0.2, -0.15) is 0 Å². The highest BCUT2D eigenvalue weighted by atomic mass is 127. The van der Waals surface area contributed by atoms with Crippen molar-refractivity contribution in [1.82, 2.24) is 15.2 Å². The summed E-state index contributed by atoms with van der Waals surface area (Å²) in [6, 6.07) is 13.8. The fourth-order valence-corrected chi connectivity index (χ4v) is 2.43. The standard InChI is InChI=1S/C17H21ClN4.HI/c1-19-17(21-11-9-16-8-3-4-10-20-16)22(2)13-14-6-5-7-15(18)12-14;/h3-8,10,12H,9,11,13H2,1-2H3,(H,19,21);1H. The van der Waals surface area contributed by atoms with Crippen LogP contribution in [0.4, 0.5) is 0 Å². The zero-order valence-electron chi connectivity index (χ0n) is 13.4. The molecule has 1 N–H and O–H groups in total. The van der Waals surface area contributed by atoms with Crippen molar-refractivity contribution in [2.45, 2.75) is 13.0 Å². The Kier molecular flexibility index (Phi) is 8.94. The van der Waals surface area contributed by atoms with Gasteiger partial charge in [-0.3, -0.25) is 9.98 Å². The van der Waals surface area contributed by atoms with Crippen LogP contribution in [0.5, 0.6) is 0 Å². The number of aliphatic imine (C=N–C) groups is 1. The van der Waals surface area contributed by atoms with Gasteiger partial charge in [0.05, 0.1) is 0 Å². The molecule has 0 bridgehead atoms. The van der Waals surface area contributed by atoms with E-state index < -0.39 is 0 Å². The molecule has 0 atom stereocenters. The predicted molar refractivity (Wildman–Crippen MR) is 108 cm³/mol. The topological polar surface area (TPSA) is 40.5 Å². The molecule has 23 heavy (non-hydrogen) atoms. The molecular weight excluding hydrogens is 423 g/mol. The van der Waals surface area contributed by atoms with Gasteiger partial charge in [-0.25, -0.2) is 0 Å². The summed E-state index contributed by atoms with van der Waals surface area (Å²) in [6.45, 7) is 1.55. The Balaban J connectivity index is 0.00000264. The van der Waals surface area contributed by atoms with Crippen molar-refractivity contribution in [2.75, 3.05) is 20.6 Å². The number of hydrogen-bond acceptors (Lipinski definition) is 2. The maximum atomic E-state index is 6.02. The maximum absolute atomic E-state index is 6.02. The molecule has 1 aromatic heterocycles. The molecule has 0 aliphatic carbocycles. The SMILES string of the molecule is CN=C(NCCc1ccccn1)N(C)Cc1cccc(Cl)c1.I. The van der Waals surface area contributed by atoms with Crippen LogP contribution in [0.1, 0.15) is 11.3 Å². The molecule has 124 valence electrons. The Labute approximate surface area is 160 Å². The molecular formula is C17H22ClIN4. The summed E-state index contributed by atoms with van der Waals surface area (Å²) in [7, 11) is 3.80. The van der Waals surface area contributed by atoms with E-state index in [1.807, 2.05) is 49.6 Å². The van der Waals surface area contributed by atoms with Gasteiger partial charge in [-0.1, -0.05) is 29.8 Å². The van der Waals surface area contributed by atoms with Gasteiger partial charge in [0.1, 0.15) is 0 Å². The van der Waals surface area contributed by atoms with Crippen molar-refractivity contribution in [2.24, 2.45) is 4.99 Å². The summed E-state index contributed by atoms with van der Waals surface area (Å²) in [4.78, 5) is 10.7. The second kappa shape index (κ2) is 10.4. The molecule has 0 radical (unpaired) electrons. The summed E-state index contributed by atoms with van der Waals surface area (Å²) in [5.74, 6) is 0.857. The molecule has 0 saturated carbocycles. The number of benzene rings is 1. The lowest BCUT2D eigenvalue weighted by Gasteiger charge is -2.22. The summed E-state index contributed by atoms with van der Waals surface area (Å²) in [5, 5.41) is 4.11. The third-order valence-electron chi connectivity index (χ3n) is 3.27. The van der Waals surface area contributed by atoms with Gasteiger partial charge in [-0.05, 0) is 29.8 Å². The Bertz CT molecular complexity index is 619. The zero-order valence-corrected chi connectivity index (χ0v) is 16.5. The van der Waals surface area contributed by atoms with Crippen LogP contribution in [0.3, 0.4) is 0 Å². The van der Waals surface area contributed by atoms with Gasteiger partial charge >= 0.3 is 0 Å². The maximum Gasteiger partial charge on any atom is 0.193 e. The van der Waals surface area contributed by atoms with Gasteiger partial charge in [0.2, 0.25) is 0 Å². The largest absolute Gasteiger partial charge is 0.356 e. The molecule has 0 fully saturated rings. The van der Waals surface area contributed by atoms with Crippen LogP contribution in [0.15, 0.2) is 53.7 Å². The van der Waals surface area contributed by atoms with E-state index >= 15 is 0 Å². The van der Waals surface area contributed by atoms with Gasteiger partial charge < -0.3 is 10.2 Å². The molecule has 6 heteroatoms. The lowest BCUT2D eigenvalue weighted by atomic mass is 10.2. The molecule has 0 amide bonds. The van der Waals surface area contributed by atoms with Crippen molar-refractivity contribution in [3.8, 4) is 0 Å². The number of nitrogens with one attached hydrogen (secondary N) is 1. The quantitative estimate of drug-likeness (QED) is 0.435. The highest BCUT2D eigenvalue weighted by Gasteiger charge is 2.06. The lowest BCUT2D eigenvalue weighted by Crippen LogP contribution is -2.39. The van der Waals surface area contributed by atoms with Crippen LogP contribution in [0.25, 0.3) is 0 Å². The second-order valence-electron chi connectivity index (χ2n) is 5.03. The van der Waals surface area contributed by atoms with E-state index in [-0.39, 0.29) is 24.0 Å². The molecule has 0 aliphatic heterocycles. The Morgan fingerprint density at radius 2 is 2.09 bits per heavy atom. The van der Waals surface area contributed by atoms with E-state index in [0.717, 1.165) is 41.7 Å². The van der Waals surface area contributed by atoms with Crippen LogP contribution in [0.2, 0.25) is 5.02 Å². The molecule has 0 aliphatic rings. The fraction of sp³-hybridized carbons (Fsp3) is 0.294. The van der Waals surface area contributed by atoms with Crippen molar-refractivity contribution in [3.63, 3.8) is 0 Å². The van der Waals surface area contributed by atoms with Crippen LogP contribution in [-0.4, -0.2) is 36.5 Å². The number of aromatic nitrogens is 1. The Hall–Kier alpha value is -1.34. The van der Waals surface area contributed by atoms with Crippen LogP contribution < -0.4 is 5.32 Å². The Morgan fingerprint density at radius 1 is 1.26 bits per heavy atom. The minimum absolute atomic E-state index is 0. The summed E-state index contributed by atoms with van der Waals surface area (Å²) >= 11 is 6.02. The summed E-state index contributed by atoms with van der Waals surface area (Å²) in [5.41, 5.74) is 2.23. The van der Waals surface area contributed by atoms with E-state index in [1.165, 1.54) is 0 Å². The third kappa shape index (κ3) is 6.74. The van der Waals surface area contributed by atoms with Gasteiger partial charge in [0.25, 0.3) is 0 Å². The molecule has 4 nitrogen and oxygen atoms in total. The van der Waals surface area contributed by atoms with Crippen molar-refractivity contribution in [3.05, 3.63) is 64.9 Å². The highest BCUT2D eigenvalue weighted by Crippen LogP contribution is 2.12. The third-order valence-corrected chi connectivity index (χ3v) is 3.51. The average Bonchev–Trinajstić information content (AvgIpc) is 2.52. The number of hydrogen-bond donors (Lipinski definition) is 1. The first-order valence-electron chi connectivity index (χ1n) is 7.25. The minimum atomic E-state index is 0. The second-order valence-corrected chi connectivity index (χ2v) is 5.47. The summed E-state index contributed by atoms with van der Waals surface area (Å²) in [6.07, 6.45) is 2.68. The molecule has 1 heterocycles. The van der Waals surface area contributed by atoms with E-state index in [2.05, 4.69) is 26.3 Å². The van der Waals surface area contributed by atoms with Crippen LogP contribution >= 0.6 is 35.6 Å². The number of guanidine groups is 1. The number of rotatable bonds is 5. The number of halogens is 2. The van der Waals surface area contributed by atoms with E-state index in [4.69, 9.17) is 11.6 Å². The monoisotopic (exact) mass is 444 g/mol. The van der Waals surface area contributed by atoms with Crippen molar-refractivity contribution in [1.29, 1.82) is 0 Å². The fourth-order valence-electron chi connectivity index (χ4n) is 2.22. The van der Waals surface area contributed by atoms with Gasteiger partial charge in [0, 0.05) is 50.5 Å². The summed E-state index contributed by atoms with van der Waals surface area (Å²) < 4.78 is 0. The molecule has 0 saturated heterocycles. The Morgan fingerprint density at radius 3 is 2.74 bits per heavy atom. The zero-order chi connectivity index (χ0) is 15.8. The van der Waals surface area contributed by atoms with Crippen LogP contribution in [-0.2, 0) is 13.0 Å². The van der Waals surface area contributed by atoms with E-state index in [1.54, 1.807) is 7.05 Å². The lowest BCUT2D eigenvalue weighted by molar-refractivity contribution is 0.477. The van der Waals surface area contributed by atoms with Crippen LogP contribution in [0, 0.1) is 0 Å². The van der Waals surface area contributed by atoms with Gasteiger partial charge in [0.15, 0.2) is 5.96 Å². The first-order valence-corrected chi connectivity index (χ1v) is 7.63. The first kappa shape index (κ1) is 19.7. The molecule has 2 rings (SSSR count).